The Bertz CT molecular complexity index is 468. The van der Waals surface area contributed by atoms with Gasteiger partial charge in [0.1, 0.15) is 5.82 Å². The molecule has 1 aromatic rings. The van der Waals surface area contributed by atoms with Gasteiger partial charge in [-0.25, -0.2) is 4.39 Å². The molecule has 114 valence electrons. The molecule has 0 N–H and O–H groups in total. The van der Waals surface area contributed by atoms with Crippen molar-refractivity contribution < 1.29 is 9.13 Å². The van der Waals surface area contributed by atoms with Crippen molar-refractivity contribution in [3.63, 3.8) is 0 Å². The summed E-state index contributed by atoms with van der Waals surface area (Å²) in [5.41, 5.74) is 1.06. The largest absolute Gasteiger partial charge is 0.379 e. The van der Waals surface area contributed by atoms with E-state index >= 15 is 0 Å². The van der Waals surface area contributed by atoms with Gasteiger partial charge in [-0.15, -0.1) is 0 Å². The van der Waals surface area contributed by atoms with Crippen LogP contribution in [0.15, 0.2) is 30.3 Å². The average molecular weight is 290 g/mol. The van der Waals surface area contributed by atoms with Crippen molar-refractivity contribution >= 4 is 6.08 Å². The number of nitrogens with zero attached hydrogens (tertiary/aromatic N) is 2. The quantitative estimate of drug-likeness (QED) is 0.846. The highest BCUT2D eigenvalue weighted by molar-refractivity contribution is 5.48. The molecule has 2 aliphatic rings. The van der Waals surface area contributed by atoms with Gasteiger partial charge in [0.05, 0.1) is 13.2 Å². The maximum Gasteiger partial charge on any atom is 0.123 e. The maximum atomic E-state index is 12.8. The Morgan fingerprint density at radius 2 is 1.90 bits per heavy atom. The number of ether oxygens (including phenoxy) is 1. The third-order valence-corrected chi connectivity index (χ3v) is 4.35. The molecule has 0 spiro atoms. The second-order valence-electron chi connectivity index (χ2n) is 5.80. The predicted octanol–water partition coefficient (Wildman–Crippen LogP) is 2.25. The lowest BCUT2D eigenvalue weighted by Crippen LogP contribution is -2.44. The van der Waals surface area contributed by atoms with Crippen LogP contribution in [0.25, 0.3) is 6.08 Å². The molecule has 0 amide bonds. The van der Waals surface area contributed by atoms with E-state index in [1.165, 1.54) is 18.6 Å². The number of morpholine rings is 1. The zero-order chi connectivity index (χ0) is 14.5. The highest BCUT2D eigenvalue weighted by Crippen LogP contribution is 2.17. The summed E-state index contributed by atoms with van der Waals surface area (Å²) < 4.78 is 18.2. The standard InChI is InChI=1S/C17H23FN2O/c18-16-5-3-15(4-6-16)2-1-8-19-9-7-17(14-19)20-10-12-21-13-11-20/h1-6,17H,7-14H2. The molecule has 3 nitrogen and oxygen atoms in total. The smallest absolute Gasteiger partial charge is 0.123 e. The molecule has 1 aromatic carbocycles. The maximum absolute atomic E-state index is 12.8. The SMILES string of the molecule is Fc1ccc(C=CCN2CCC(N3CCOCC3)C2)cc1. The summed E-state index contributed by atoms with van der Waals surface area (Å²) in [7, 11) is 0. The third-order valence-electron chi connectivity index (χ3n) is 4.35. The number of hydrogen-bond donors (Lipinski definition) is 0. The summed E-state index contributed by atoms with van der Waals surface area (Å²) in [6, 6.07) is 7.32. The number of benzene rings is 1. The van der Waals surface area contributed by atoms with Crippen molar-refractivity contribution in [3.8, 4) is 0 Å². The lowest BCUT2D eigenvalue weighted by atomic mass is 10.2. The van der Waals surface area contributed by atoms with Gasteiger partial charge < -0.3 is 4.74 Å². The Morgan fingerprint density at radius 1 is 1.14 bits per heavy atom. The molecule has 4 heteroatoms. The van der Waals surface area contributed by atoms with E-state index < -0.39 is 0 Å². The van der Waals surface area contributed by atoms with Gasteiger partial charge in [-0.2, -0.15) is 0 Å². The molecule has 2 aliphatic heterocycles. The van der Waals surface area contributed by atoms with E-state index in [0.29, 0.717) is 6.04 Å². The average Bonchev–Trinajstić information content (AvgIpc) is 2.99. The Kier molecular flexibility index (Phi) is 5.01. The predicted molar refractivity (Wildman–Crippen MR) is 82.7 cm³/mol. The summed E-state index contributed by atoms with van der Waals surface area (Å²) in [5, 5.41) is 0. The topological polar surface area (TPSA) is 15.7 Å². The van der Waals surface area contributed by atoms with Crippen LogP contribution in [0.1, 0.15) is 12.0 Å². The molecular formula is C17H23FN2O. The Morgan fingerprint density at radius 3 is 2.67 bits per heavy atom. The monoisotopic (exact) mass is 290 g/mol. The van der Waals surface area contributed by atoms with Crippen molar-refractivity contribution in [2.45, 2.75) is 12.5 Å². The summed E-state index contributed by atoms with van der Waals surface area (Å²) in [6.07, 6.45) is 5.50. The van der Waals surface area contributed by atoms with Gasteiger partial charge in [-0.1, -0.05) is 24.3 Å². The second kappa shape index (κ2) is 7.16. The first-order valence-corrected chi connectivity index (χ1v) is 7.77. The van der Waals surface area contributed by atoms with E-state index in [-0.39, 0.29) is 5.82 Å². The van der Waals surface area contributed by atoms with Gasteiger partial charge >= 0.3 is 0 Å². The summed E-state index contributed by atoms with van der Waals surface area (Å²) in [4.78, 5) is 5.05. The van der Waals surface area contributed by atoms with Gasteiger partial charge in [0, 0.05) is 38.8 Å². The Hall–Kier alpha value is -1.23. The van der Waals surface area contributed by atoms with Crippen LogP contribution >= 0.6 is 0 Å². The van der Waals surface area contributed by atoms with Crippen LogP contribution < -0.4 is 0 Å². The number of hydrogen-bond acceptors (Lipinski definition) is 3. The van der Waals surface area contributed by atoms with E-state index in [1.807, 2.05) is 12.1 Å². The molecule has 2 heterocycles. The van der Waals surface area contributed by atoms with E-state index in [4.69, 9.17) is 4.74 Å². The first-order chi connectivity index (χ1) is 10.3. The number of likely N-dealkylation sites (tertiary alicyclic amines) is 1. The molecule has 21 heavy (non-hydrogen) atoms. The van der Waals surface area contributed by atoms with Gasteiger partial charge in [0.25, 0.3) is 0 Å². The molecular weight excluding hydrogens is 267 g/mol. The van der Waals surface area contributed by atoms with Crippen LogP contribution in [-0.4, -0.2) is 61.8 Å². The first kappa shape index (κ1) is 14.7. The van der Waals surface area contributed by atoms with E-state index in [2.05, 4.69) is 22.0 Å². The fraction of sp³-hybridized carbons (Fsp3) is 0.529. The fourth-order valence-electron chi connectivity index (χ4n) is 3.13. The van der Waals surface area contributed by atoms with Crippen LogP contribution in [0.3, 0.4) is 0 Å². The molecule has 0 saturated carbocycles. The van der Waals surface area contributed by atoms with Gasteiger partial charge in [-0.05, 0) is 24.1 Å². The molecule has 2 fully saturated rings. The van der Waals surface area contributed by atoms with Crippen LogP contribution in [0.2, 0.25) is 0 Å². The molecule has 0 aliphatic carbocycles. The van der Waals surface area contributed by atoms with Crippen molar-refractivity contribution in [1.29, 1.82) is 0 Å². The molecule has 2 saturated heterocycles. The van der Waals surface area contributed by atoms with Gasteiger partial charge in [0.2, 0.25) is 0 Å². The van der Waals surface area contributed by atoms with Crippen molar-refractivity contribution in [3.05, 3.63) is 41.7 Å². The lowest BCUT2D eigenvalue weighted by molar-refractivity contribution is 0.0187. The Labute approximate surface area is 126 Å². The van der Waals surface area contributed by atoms with E-state index in [1.54, 1.807) is 0 Å². The summed E-state index contributed by atoms with van der Waals surface area (Å²) in [5.74, 6) is -0.181. The second-order valence-corrected chi connectivity index (χ2v) is 5.80. The summed E-state index contributed by atoms with van der Waals surface area (Å²) >= 11 is 0. The molecule has 0 radical (unpaired) electrons. The minimum absolute atomic E-state index is 0.181. The highest BCUT2D eigenvalue weighted by atomic mass is 19.1. The molecule has 1 unspecified atom stereocenters. The molecule has 1 atom stereocenters. The third kappa shape index (κ3) is 4.13. The van der Waals surface area contributed by atoms with Crippen LogP contribution in [0.5, 0.6) is 0 Å². The fourth-order valence-corrected chi connectivity index (χ4v) is 3.13. The zero-order valence-corrected chi connectivity index (χ0v) is 12.4. The first-order valence-electron chi connectivity index (χ1n) is 7.77. The van der Waals surface area contributed by atoms with Crippen LogP contribution in [0.4, 0.5) is 4.39 Å². The van der Waals surface area contributed by atoms with Crippen LogP contribution in [-0.2, 0) is 4.74 Å². The normalized spacial score (nSPS) is 24.9. The van der Waals surface area contributed by atoms with E-state index in [0.717, 1.165) is 51.5 Å². The molecule has 0 bridgehead atoms. The number of rotatable bonds is 4. The minimum atomic E-state index is -0.181. The van der Waals surface area contributed by atoms with Crippen molar-refractivity contribution in [1.82, 2.24) is 9.80 Å². The van der Waals surface area contributed by atoms with Gasteiger partial charge in [0.15, 0.2) is 0 Å². The number of halogens is 1. The highest BCUT2D eigenvalue weighted by Gasteiger charge is 2.27. The minimum Gasteiger partial charge on any atom is -0.379 e. The molecule has 3 rings (SSSR count). The van der Waals surface area contributed by atoms with Crippen molar-refractivity contribution in [2.24, 2.45) is 0 Å². The van der Waals surface area contributed by atoms with Gasteiger partial charge in [-0.3, -0.25) is 9.80 Å². The molecule has 0 aromatic heterocycles. The van der Waals surface area contributed by atoms with Crippen molar-refractivity contribution in [2.75, 3.05) is 45.9 Å². The Balaban J connectivity index is 1.45. The lowest BCUT2D eigenvalue weighted by Gasteiger charge is -2.32. The van der Waals surface area contributed by atoms with Crippen LogP contribution in [0, 0.1) is 5.82 Å². The zero-order valence-electron chi connectivity index (χ0n) is 12.4. The summed E-state index contributed by atoms with van der Waals surface area (Å²) in [6.45, 7) is 7.18. The van der Waals surface area contributed by atoms with E-state index in [9.17, 15) is 4.39 Å².